The summed E-state index contributed by atoms with van der Waals surface area (Å²) in [6.07, 6.45) is -3.64. The van der Waals surface area contributed by atoms with E-state index in [9.17, 15) is 13.2 Å². The van der Waals surface area contributed by atoms with Gasteiger partial charge in [-0.2, -0.15) is 13.2 Å². The van der Waals surface area contributed by atoms with Crippen LogP contribution >= 0.6 is 11.3 Å². The SMILES string of the molecule is Cc1ccc(CNCCCOCC(F)(F)F)s1. The smallest absolute Gasteiger partial charge is 0.372 e. The third kappa shape index (κ3) is 7.36. The van der Waals surface area contributed by atoms with E-state index in [1.54, 1.807) is 11.3 Å². The highest BCUT2D eigenvalue weighted by Crippen LogP contribution is 2.15. The molecule has 1 aromatic heterocycles. The monoisotopic (exact) mass is 267 g/mol. The highest BCUT2D eigenvalue weighted by atomic mass is 32.1. The van der Waals surface area contributed by atoms with Crippen LogP contribution in [0, 0.1) is 6.92 Å². The molecule has 0 spiro atoms. The second-order valence-corrected chi connectivity index (χ2v) is 5.08. The van der Waals surface area contributed by atoms with Gasteiger partial charge >= 0.3 is 6.18 Å². The predicted molar refractivity (Wildman–Crippen MR) is 62.3 cm³/mol. The van der Waals surface area contributed by atoms with Gasteiger partial charge in [-0.25, -0.2) is 0 Å². The molecule has 0 saturated carbocycles. The number of rotatable bonds is 7. The molecule has 0 fully saturated rings. The highest BCUT2D eigenvalue weighted by Gasteiger charge is 2.27. The van der Waals surface area contributed by atoms with E-state index >= 15 is 0 Å². The van der Waals surface area contributed by atoms with Crippen molar-refractivity contribution < 1.29 is 17.9 Å². The number of nitrogens with one attached hydrogen (secondary N) is 1. The van der Waals surface area contributed by atoms with Crippen LogP contribution in [0.1, 0.15) is 16.2 Å². The number of thiophene rings is 1. The van der Waals surface area contributed by atoms with Gasteiger partial charge in [-0.15, -0.1) is 11.3 Å². The zero-order chi connectivity index (χ0) is 12.7. The van der Waals surface area contributed by atoms with E-state index < -0.39 is 12.8 Å². The van der Waals surface area contributed by atoms with E-state index in [2.05, 4.69) is 10.1 Å². The lowest BCUT2D eigenvalue weighted by Gasteiger charge is -2.07. The fraction of sp³-hybridized carbons (Fsp3) is 0.636. The first-order chi connectivity index (χ1) is 7.97. The van der Waals surface area contributed by atoms with E-state index in [0.29, 0.717) is 13.0 Å². The first kappa shape index (κ1) is 14.5. The fourth-order valence-corrected chi connectivity index (χ4v) is 2.14. The normalized spacial score (nSPS) is 12.0. The summed E-state index contributed by atoms with van der Waals surface area (Å²) in [6.45, 7) is 2.44. The number of hydrogen-bond acceptors (Lipinski definition) is 3. The van der Waals surface area contributed by atoms with Crippen molar-refractivity contribution in [2.45, 2.75) is 26.1 Å². The minimum Gasteiger partial charge on any atom is -0.372 e. The molecule has 17 heavy (non-hydrogen) atoms. The van der Waals surface area contributed by atoms with Crippen LogP contribution in [0.4, 0.5) is 13.2 Å². The van der Waals surface area contributed by atoms with Crippen molar-refractivity contribution in [3.8, 4) is 0 Å². The molecule has 1 rings (SSSR count). The van der Waals surface area contributed by atoms with Crippen molar-refractivity contribution in [1.29, 1.82) is 0 Å². The molecular weight excluding hydrogens is 251 g/mol. The van der Waals surface area contributed by atoms with Crippen molar-refractivity contribution in [3.05, 3.63) is 21.9 Å². The number of alkyl halides is 3. The zero-order valence-corrected chi connectivity index (χ0v) is 10.5. The van der Waals surface area contributed by atoms with Crippen LogP contribution in [-0.2, 0) is 11.3 Å². The Kier molecular flexibility index (Phi) is 5.94. The van der Waals surface area contributed by atoms with Gasteiger partial charge in [0, 0.05) is 22.9 Å². The van der Waals surface area contributed by atoms with Crippen LogP contribution in [-0.4, -0.2) is 25.9 Å². The number of ether oxygens (including phenoxy) is 1. The summed E-state index contributed by atoms with van der Waals surface area (Å²) in [5.74, 6) is 0. The van der Waals surface area contributed by atoms with Crippen LogP contribution in [0.2, 0.25) is 0 Å². The van der Waals surface area contributed by atoms with Gasteiger partial charge in [0.15, 0.2) is 0 Å². The Morgan fingerprint density at radius 2 is 2.12 bits per heavy atom. The molecule has 2 nitrogen and oxygen atoms in total. The van der Waals surface area contributed by atoms with Gasteiger partial charge in [-0.05, 0) is 32.0 Å². The molecule has 0 aromatic carbocycles. The lowest BCUT2D eigenvalue weighted by atomic mass is 10.4. The van der Waals surface area contributed by atoms with Gasteiger partial charge < -0.3 is 10.1 Å². The third-order valence-corrected chi connectivity index (χ3v) is 3.00. The van der Waals surface area contributed by atoms with Crippen molar-refractivity contribution in [2.75, 3.05) is 19.8 Å². The van der Waals surface area contributed by atoms with E-state index in [1.807, 2.05) is 19.1 Å². The Bertz CT molecular complexity index is 325. The Labute approximate surface area is 103 Å². The standard InChI is InChI=1S/C11H16F3NOS/c1-9-3-4-10(17-9)7-15-5-2-6-16-8-11(12,13)14/h3-4,15H,2,5-8H2,1H3. The summed E-state index contributed by atoms with van der Waals surface area (Å²) in [4.78, 5) is 2.49. The summed E-state index contributed by atoms with van der Waals surface area (Å²) < 4.78 is 39.6. The van der Waals surface area contributed by atoms with Crippen molar-refractivity contribution in [3.63, 3.8) is 0 Å². The second-order valence-electron chi connectivity index (χ2n) is 3.71. The molecule has 0 amide bonds. The largest absolute Gasteiger partial charge is 0.411 e. The van der Waals surface area contributed by atoms with Gasteiger partial charge in [0.2, 0.25) is 0 Å². The predicted octanol–water partition coefficient (Wildman–Crippen LogP) is 3.12. The van der Waals surface area contributed by atoms with E-state index in [1.165, 1.54) is 9.75 Å². The average molecular weight is 267 g/mol. The van der Waals surface area contributed by atoms with Gasteiger partial charge in [-0.1, -0.05) is 0 Å². The van der Waals surface area contributed by atoms with Crippen LogP contribution in [0.5, 0.6) is 0 Å². The van der Waals surface area contributed by atoms with Crippen molar-refractivity contribution >= 4 is 11.3 Å². The maximum Gasteiger partial charge on any atom is 0.411 e. The molecule has 0 atom stereocenters. The molecule has 0 aliphatic heterocycles. The summed E-state index contributed by atoms with van der Waals surface area (Å²) in [5, 5.41) is 3.16. The molecule has 1 N–H and O–H groups in total. The molecule has 0 saturated heterocycles. The summed E-state index contributed by atoms with van der Waals surface area (Å²) >= 11 is 1.72. The maximum absolute atomic E-state index is 11.7. The molecule has 6 heteroatoms. The fourth-order valence-electron chi connectivity index (χ4n) is 1.28. The topological polar surface area (TPSA) is 21.3 Å². The molecule has 1 heterocycles. The molecule has 0 aliphatic carbocycles. The Morgan fingerprint density at radius 1 is 1.35 bits per heavy atom. The Hall–Kier alpha value is -0.590. The number of aryl methyl sites for hydroxylation is 1. The van der Waals surface area contributed by atoms with Gasteiger partial charge in [0.25, 0.3) is 0 Å². The van der Waals surface area contributed by atoms with E-state index in [0.717, 1.165) is 6.54 Å². The summed E-state index contributed by atoms with van der Waals surface area (Å²) in [7, 11) is 0. The second kappa shape index (κ2) is 6.98. The molecule has 0 radical (unpaired) electrons. The van der Waals surface area contributed by atoms with Gasteiger partial charge in [0.05, 0.1) is 0 Å². The van der Waals surface area contributed by atoms with Crippen LogP contribution in [0.25, 0.3) is 0 Å². The lowest BCUT2D eigenvalue weighted by Crippen LogP contribution is -2.20. The average Bonchev–Trinajstić information content (AvgIpc) is 2.61. The first-order valence-electron chi connectivity index (χ1n) is 5.38. The molecule has 0 unspecified atom stereocenters. The molecule has 98 valence electrons. The number of hydrogen-bond donors (Lipinski definition) is 1. The van der Waals surface area contributed by atoms with Crippen LogP contribution in [0.15, 0.2) is 12.1 Å². The number of halogens is 3. The minimum atomic E-state index is -4.22. The highest BCUT2D eigenvalue weighted by molar-refractivity contribution is 7.11. The third-order valence-electron chi connectivity index (χ3n) is 2.00. The van der Waals surface area contributed by atoms with Gasteiger partial charge in [0.1, 0.15) is 6.61 Å². The summed E-state index contributed by atoms with van der Waals surface area (Å²) in [6, 6.07) is 4.10. The van der Waals surface area contributed by atoms with Gasteiger partial charge in [-0.3, -0.25) is 0 Å². The molecular formula is C11H16F3NOS. The van der Waals surface area contributed by atoms with Crippen molar-refractivity contribution in [2.24, 2.45) is 0 Å². The Morgan fingerprint density at radius 3 is 2.71 bits per heavy atom. The lowest BCUT2D eigenvalue weighted by molar-refractivity contribution is -0.173. The first-order valence-corrected chi connectivity index (χ1v) is 6.19. The molecule has 0 bridgehead atoms. The molecule has 1 aromatic rings. The van der Waals surface area contributed by atoms with Crippen LogP contribution < -0.4 is 5.32 Å². The van der Waals surface area contributed by atoms with E-state index in [-0.39, 0.29) is 6.61 Å². The zero-order valence-electron chi connectivity index (χ0n) is 9.64. The Balaban J connectivity index is 1.95. The maximum atomic E-state index is 11.7. The van der Waals surface area contributed by atoms with E-state index in [4.69, 9.17) is 0 Å². The minimum absolute atomic E-state index is 0.135. The quantitative estimate of drug-likeness (QED) is 0.766. The molecule has 0 aliphatic rings. The van der Waals surface area contributed by atoms with Crippen molar-refractivity contribution in [1.82, 2.24) is 5.32 Å². The van der Waals surface area contributed by atoms with Crippen LogP contribution in [0.3, 0.4) is 0 Å². The summed E-state index contributed by atoms with van der Waals surface area (Å²) in [5.41, 5.74) is 0.